The fraction of sp³-hybridized carbons (Fsp3) is 0.974. The van der Waals surface area contributed by atoms with E-state index in [2.05, 4.69) is 33.8 Å². The van der Waals surface area contributed by atoms with Crippen LogP contribution in [0.15, 0.2) is 0 Å². The molecule has 0 rings (SSSR count). The van der Waals surface area contributed by atoms with E-state index >= 15 is 0 Å². The Morgan fingerprint density at radius 3 is 0.900 bits per heavy atom. The van der Waals surface area contributed by atoms with Gasteiger partial charge in [0.25, 0.3) is 0 Å². The number of nitriles is 1. The largest absolute Gasteiger partial charge is 0.198 e. The van der Waals surface area contributed by atoms with Crippen molar-refractivity contribution in [1.82, 2.24) is 0 Å². The summed E-state index contributed by atoms with van der Waals surface area (Å²) in [6.07, 6.45) is 43.6. The second kappa shape index (κ2) is 33.0. The van der Waals surface area contributed by atoms with Gasteiger partial charge in [0.1, 0.15) is 0 Å². The first kappa shape index (κ1) is 39.5. The molecule has 0 heterocycles. The maximum absolute atomic E-state index is 8.56. The zero-order valence-electron chi connectivity index (χ0n) is 28.6. The summed E-state index contributed by atoms with van der Waals surface area (Å²) in [5.74, 6) is 2.81. The van der Waals surface area contributed by atoms with E-state index in [0.717, 1.165) is 30.6 Å². The van der Waals surface area contributed by atoms with Gasteiger partial charge in [-0.15, -0.1) is 0 Å². The zero-order valence-corrected chi connectivity index (χ0v) is 28.6. The van der Waals surface area contributed by atoms with Gasteiger partial charge >= 0.3 is 0 Å². The fourth-order valence-corrected chi connectivity index (χ4v) is 6.51. The molecule has 0 saturated heterocycles. The SMILES string of the molecule is CCCCCCCCCCCC(C)CCCC(C)CCCC(C)CCCCCCCCCCCCCCCC#N. The van der Waals surface area contributed by atoms with Crippen molar-refractivity contribution in [3.05, 3.63) is 0 Å². The van der Waals surface area contributed by atoms with Gasteiger partial charge in [-0.3, -0.25) is 0 Å². The van der Waals surface area contributed by atoms with Crippen molar-refractivity contribution in [3.8, 4) is 6.07 Å². The Balaban J connectivity index is 3.36. The third-order valence-corrected chi connectivity index (χ3v) is 9.57. The first-order valence-electron chi connectivity index (χ1n) is 19.0. The molecule has 1 heteroatoms. The van der Waals surface area contributed by atoms with E-state index in [1.807, 2.05) is 0 Å². The number of unbranched alkanes of at least 4 members (excludes halogenated alkanes) is 21. The Morgan fingerprint density at radius 1 is 0.350 bits per heavy atom. The standard InChI is InChI=1S/C39H77N/c1-5-6-7-8-9-16-19-22-25-30-37(2)32-28-34-39(4)35-29-33-38(3)31-26-23-20-17-14-12-10-11-13-15-18-21-24-27-36-40/h37-39H,5-35H2,1-4H3. The third kappa shape index (κ3) is 32.0. The van der Waals surface area contributed by atoms with Crippen LogP contribution in [0.25, 0.3) is 0 Å². The van der Waals surface area contributed by atoms with E-state index < -0.39 is 0 Å². The molecule has 0 fully saturated rings. The molecule has 0 aliphatic carbocycles. The third-order valence-electron chi connectivity index (χ3n) is 9.57. The lowest BCUT2D eigenvalue weighted by Crippen LogP contribution is -2.01. The van der Waals surface area contributed by atoms with Crippen LogP contribution in [0.4, 0.5) is 0 Å². The van der Waals surface area contributed by atoms with Gasteiger partial charge in [-0.1, -0.05) is 214 Å². The van der Waals surface area contributed by atoms with Crippen molar-refractivity contribution in [1.29, 1.82) is 5.26 Å². The average Bonchev–Trinajstić information content (AvgIpc) is 2.94. The summed E-state index contributed by atoms with van der Waals surface area (Å²) < 4.78 is 0. The van der Waals surface area contributed by atoms with Crippen molar-refractivity contribution in [2.45, 2.75) is 227 Å². The molecule has 40 heavy (non-hydrogen) atoms. The smallest absolute Gasteiger partial charge is 0.0621 e. The van der Waals surface area contributed by atoms with E-state index in [0.29, 0.717) is 0 Å². The first-order valence-corrected chi connectivity index (χ1v) is 19.0. The molecule has 0 amide bonds. The monoisotopic (exact) mass is 560 g/mol. The molecule has 0 bridgehead atoms. The molecule has 0 aromatic heterocycles. The molecule has 0 aliphatic heterocycles. The lowest BCUT2D eigenvalue weighted by Gasteiger charge is -2.16. The number of hydrogen-bond acceptors (Lipinski definition) is 1. The highest BCUT2D eigenvalue weighted by Crippen LogP contribution is 2.23. The predicted molar refractivity (Wildman–Crippen MR) is 182 cm³/mol. The Labute approximate surface area is 255 Å². The average molecular weight is 560 g/mol. The van der Waals surface area contributed by atoms with Gasteiger partial charge < -0.3 is 0 Å². The van der Waals surface area contributed by atoms with Gasteiger partial charge in [-0.2, -0.15) is 5.26 Å². The van der Waals surface area contributed by atoms with Gasteiger partial charge in [0.05, 0.1) is 6.07 Å². The van der Waals surface area contributed by atoms with Crippen molar-refractivity contribution in [2.75, 3.05) is 0 Å². The highest BCUT2D eigenvalue weighted by molar-refractivity contribution is 4.67. The molecule has 0 N–H and O–H groups in total. The van der Waals surface area contributed by atoms with Crippen LogP contribution < -0.4 is 0 Å². The van der Waals surface area contributed by atoms with Crippen molar-refractivity contribution >= 4 is 0 Å². The molecule has 3 unspecified atom stereocenters. The summed E-state index contributed by atoms with van der Waals surface area (Å²) in [6, 6.07) is 2.25. The minimum Gasteiger partial charge on any atom is -0.198 e. The van der Waals surface area contributed by atoms with Crippen LogP contribution in [0.3, 0.4) is 0 Å². The van der Waals surface area contributed by atoms with Crippen molar-refractivity contribution in [3.63, 3.8) is 0 Å². The van der Waals surface area contributed by atoms with Crippen LogP contribution >= 0.6 is 0 Å². The summed E-state index contributed by atoms with van der Waals surface area (Å²) in [4.78, 5) is 0. The maximum atomic E-state index is 8.56. The van der Waals surface area contributed by atoms with Crippen LogP contribution in [-0.2, 0) is 0 Å². The van der Waals surface area contributed by atoms with Crippen LogP contribution in [0.5, 0.6) is 0 Å². The van der Waals surface area contributed by atoms with Gasteiger partial charge in [0.15, 0.2) is 0 Å². The quantitative estimate of drug-likeness (QED) is 0.0733. The number of nitrogens with zero attached hydrogens (tertiary/aromatic N) is 1. The number of hydrogen-bond donors (Lipinski definition) is 0. The molecule has 0 aromatic rings. The summed E-state index contributed by atoms with van der Waals surface area (Å²) in [5.41, 5.74) is 0. The Morgan fingerprint density at radius 2 is 0.600 bits per heavy atom. The minimum absolute atomic E-state index is 0.747. The van der Waals surface area contributed by atoms with Crippen LogP contribution in [0.2, 0.25) is 0 Å². The van der Waals surface area contributed by atoms with E-state index in [4.69, 9.17) is 5.26 Å². The van der Waals surface area contributed by atoms with Crippen LogP contribution in [0.1, 0.15) is 227 Å². The molecule has 0 aliphatic rings. The summed E-state index contributed by atoms with van der Waals surface area (Å²) >= 11 is 0. The second-order valence-corrected chi connectivity index (χ2v) is 14.1. The number of rotatable bonds is 33. The van der Waals surface area contributed by atoms with Gasteiger partial charge in [-0.05, 0) is 24.2 Å². The molecule has 0 aromatic carbocycles. The zero-order chi connectivity index (χ0) is 29.4. The molecule has 238 valence electrons. The lowest BCUT2D eigenvalue weighted by molar-refractivity contribution is 0.373. The van der Waals surface area contributed by atoms with Crippen LogP contribution in [-0.4, -0.2) is 0 Å². The summed E-state index contributed by atoms with van der Waals surface area (Å²) in [5, 5.41) is 8.56. The van der Waals surface area contributed by atoms with Crippen LogP contribution in [0, 0.1) is 29.1 Å². The molecule has 1 nitrogen and oxygen atoms in total. The molecular weight excluding hydrogens is 482 g/mol. The molecule has 0 radical (unpaired) electrons. The summed E-state index contributed by atoms with van der Waals surface area (Å²) in [7, 11) is 0. The van der Waals surface area contributed by atoms with Gasteiger partial charge in [0, 0.05) is 6.42 Å². The van der Waals surface area contributed by atoms with E-state index in [1.54, 1.807) is 0 Å². The Bertz CT molecular complexity index is 505. The maximum Gasteiger partial charge on any atom is 0.0621 e. The minimum atomic E-state index is 0.747. The van der Waals surface area contributed by atoms with Gasteiger partial charge in [-0.25, -0.2) is 0 Å². The normalized spacial score (nSPS) is 13.8. The topological polar surface area (TPSA) is 23.8 Å². The van der Waals surface area contributed by atoms with E-state index in [1.165, 1.54) is 186 Å². The highest BCUT2D eigenvalue weighted by Gasteiger charge is 2.08. The molecule has 3 atom stereocenters. The van der Waals surface area contributed by atoms with E-state index in [9.17, 15) is 0 Å². The lowest BCUT2D eigenvalue weighted by atomic mass is 9.90. The fourth-order valence-electron chi connectivity index (χ4n) is 6.51. The molecule has 0 spiro atoms. The predicted octanol–water partition coefficient (Wildman–Crippen LogP) is 14.5. The molecular formula is C39H77N. The van der Waals surface area contributed by atoms with E-state index in [-0.39, 0.29) is 0 Å². The summed E-state index contributed by atoms with van der Waals surface area (Å²) in [6.45, 7) is 9.82. The molecule has 0 saturated carbocycles. The first-order chi connectivity index (χ1) is 19.6. The second-order valence-electron chi connectivity index (χ2n) is 14.1. The highest BCUT2D eigenvalue weighted by atomic mass is 14.2. The Hall–Kier alpha value is -0.510. The van der Waals surface area contributed by atoms with Crippen molar-refractivity contribution < 1.29 is 0 Å². The van der Waals surface area contributed by atoms with Crippen molar-refractivity contribution in [2.24, 2.45) is 17.8 Å². The van der Waals surface area contributed by atoms with Gasteiger partial charge in [0.2, 0.25) is 0 Å². The Kier molecular flexibility index (Phi) is 32.6.